The van der Waals surface area contributed by atoms with Crippen molar-refractivity contribution >= 4 is 0 Å². The lowest BCUT2D eigenvalue weighted by Gasteiger charge is -2.60. The number of fused-ring (bicyclic) bond motifs is 1. The van der Waals surface area contributed by atoms with Gasteiger partial charge in [-0.1, -0.05) is 26.0 Å². The Hall–Kier alpha value is -0.420. The number of hydrogen-bond donors (Lipinski definition) is 3. The molecule has 0 spiro atoms. The molecule has 4 nitrogen and oxygen atoms in total. The second-order valence-corrected chi connectivity index (χ2v) is 9.78. The molecule has 3 fully saturated rings. The van der Waals surface area contributed by atoms with E-state index in [1.807, 2.05) is 0 Å². The summed E-state index contributed by atoms with van der Waals surface area (Å²) in [4.78, 5) is 2.55. The van der Waals surface area contributed by atoms with Gasteiger partial charge in [0, 0.05) is 12.0 Å². The predicted octanol–water partition coefficient (Wildman–Crippen LogP) is 2.82. The van der Waals surface area contributed by atoms with Gasteiger partial charge in [-0.25, -0.2) is 0 Å². The summed E-state index contributed by atoms with van der Waals surface area (Å²) < 4.78 is 0. The fourth-order valence-corrected chi connectivity index (χ4v) is 6.44. The SMILES string of the molecule is C=C1CCC2[C@](C)(CO)[C@H](O)CC[C@@]2(C)[C@@H]1CCN1CCC(CO)CC1. The third-order valence-electron chi connectivity index (χ3n) is 8.39. The van der Waals surface area contributed by atoms with E-state index < -0.39 is 6.10 Å². The minimum atomic E-state index is -0.393. The van der Waals surface area contributed by atoms with Crippen LogP contribution in [0.5, 0.6) is 0 Å². The lowest BCUT2D eigenvalue weighted by atomic mass is 9.46. The number of likely N-dealkylation sites (tertiary alicyclic amines) is 1. The lowest BCUT2D eigenvalue weighted by Crippen LogP contribution is -2.57. The van der Waals surface area contributed by atoms with Crippen LogP contribution in [0.3, 0.4) is 0 Å². The Bertz CT molecular complexity index is 502. The maximum Gasteiger partial charge on any atom is 0.0618 e. The van der Waals surface area contributed by atoms with Crippen molar-refractivity contribution in [2.45, 2.75) is 64.9 Å². The first-order valence-electron chi connectivity index (χ1n) is 10.6. The monoisotopic (exact) mass is 365 g/mol. The van der Waals surface area contributed by atoms with Gasteiger partial charge in [-0.05, 0) is 87.7 Å². The summed E-state index contributed by atoms with van der Waals surface area (Å²) in [7, 11) is 0. The summed E-state index contributed by atoms with van der Waals surface area (Å²) in [5, 5.41) is 30.0. The van der Waals surface area contributed by atoms with Crippen LogP contribution in [0.2, 0.25) is 0 Å². The van der Waals surface area contributed by atoms with E-state index in [0.717, 1.165) is 64.6 Å². The molecule has 0 aromatic carbocycles. The van der Waals surface area contributed by atoms with E-state index in [4.69, 9.17) is 0 Å². The number of allylic oxidation sites excluding steroid dienone is 1. The molecule has 150 valence electrons. The van der Waals surface area contributed by atoms with Gasteiger partial charge in [-0.3, -0.25) is 0 Å². The zero-order valence-electron chi connectivity index (χ0n) is 16.8. The van der Waals surface area contributed by atoms with Gasteiger partial charge in [0.2, 0.25) is 0 Å². The molecule has 3 rings (SSSR count). The molecular weight excluding hydrogens is 326 g/mol. The molecule has 2 saturated carbocycles. The first-order chi connectivity index (χ1) is 12.3. The molecular formula is C22H39NO3. The van der Waals surface area contributed by atoms with E-state index in [1.165, 1.54) is 5.57 Å². The van der Waals surface area contributed by atoms with Crippen LogP contribution in [0.25, 0.3) is 0 Å². The molecule has 0 amide bonds. The van der Waals surface area contributed by atoms with Crippen molar-refractivity contribution in [1.82, 2.24) is 4.90 Å². The molecule has 0 bridgehead atoms. The normalized spacial score (nSPS) is 42.7. The Morgan fingerprint density at radius 2 is 1.81 bits per heavy atom. The number of hydrogen-bond acceptors (Lipinski definition) is 4. The molecule has 0 aromatic rings. The molecule has 1 saturated heterocycles. The highest BCUT2D eigenvalue weighted by Gasteiger charge is 2.57. The number of nitrogens with zero attached hydrogens (tertiary/aromatic N) is 1. The topological polar surface area (TPSA) is 63.9 Å². The Morgan fingerprint density at radius 1 is 1.12 bits per heavy atom. The van der Waals surface area contributed by atoms with Crippen LogP contribution in [0, 0.1) is 28.6 Å². The lowest BCUT2D eigenvalue weighted by molar-refractivity contribution is -0.152. The number of rotatable bonds is 5. The molecule has 26 heavy (non-hydrogen) atoms. The van der Waals surface area contributed by atoms with E-state index in [0.29, 0.717) is 24.4 Å². The Balaban J connectivity index is 1.69. The third-order valence-corrected chi connectivity index (χ3v) is 8.39. The van der Waals surface area contributed by atoms with Gasteiger partial charge in [0.25, 0.3) is 0 Å². The quantitative estimate of drug-likeness (QED) is 0.656. The highest BCUT2D eigenvalue weighted by atomic mass is 16.3. The van der Waals surface area contributed by atoms with Crippen LogP contribution in [-0.4, -0.2) is 59.2 Å². The van der Waals surface area contributed by atoms with E-state index in [2.05, 4.69) is 25.3 Å². The standard InChI is InChI=1S/C22H39NO3/c1-16-4-5-19-21(2,10-6-20(26)22(19,3)15-25)18(16)9-13-23-11-7-17(14-24)8-12-23/h17-20,24-26H,1,4-15H2,2-3H3/t18-,19?,20-,21+,22+/m1/s1. The maximum atomic E-state index is 10.6. The molecule has 0 radical (unpaired) electrons. The number of aliphatic hydroxyl groups is 3. The molecule has 3 aliphatic rings. The van der Waals surface area contributed by atoms with Crippen LogP contribution >= 0.6 is 0 Å². The van der Waals surface area contributed by atoms with E-state index in [9.17, 15) is 15.3 Å². The molecule has 1 unspecified atom stereocenters. The Kier molecular flexibility index (Phi) is 6.18. The minimum Gasteiger partial charge on any atom is -0.396 e. The Labute approximate surface area is 159 Å². The summed E-state index contributed by atoms with van der Waals surface area (Å²) in [6.45, 7) is 12.6. The summed E-state index contributed by atoms with van der Waals surface area (Å²) in [5.74, 6) is 1.33. The predicted molar refractivity (Wildman–Crippen MR) is 105 cm³/mol. The molecule has 4 heteroatoms. The van der Waals surface area contributed by atoms with E-state index in [1.54, 1.807) is 0 Å². The van der Waals surface area contributed by atoms with Crippen molar-refractivity contribution in [2.24, 2.45) is 28.6 Å². The van der Waals surface area contributed by atoms with Crippen molar-refractivity contribution in [3.05, 3.63) is 12.2 Å². The molecule has 5 atom stereocenters. The molecule has 0 aromatic heterocycles. The van der Waals surface area contributed by atoms with Crippen molar-refractivity contribution in [2.75, 3.05) is 32.8 Å². The first-order valence-corrected chi connectivity index (χ1v) is 10.6. The second-order valence-electron chi connectivity index (χ2n) is 9.78. The van der Waals surface area contributed by atoms with Gasteiger partial charge in [0.15, 0.2) is 0 Å². The van der Waals surface area contributed by atoms with Crippen LogP contribution in [0.4, 0.5) is 0 Å². The van der Waals surface area contributed by atoms with E-state index in [-0.39, 0.29) is 17.4 Å². The van der Waals surface area contributed by atoms with Gasteiger partial charge >= 0.3 is 0 Å². The van der Waals surface area contributed by atoms with E-state index >= 15 is 0 Å². The summed E-state index contributed by atoms with van der Waals surface area (Å²) in [6.07, 6.45) is 6.85. The average Bonchev–Trinajstić information content (AvgIpc) is 2.65. The second kappa shape index (κ2) is 7.90. The fourth-order valence-electron chi connectivity index (χ4n) is 6.44. The smallest absolute Gasteiger partial charge is 0.0618 e. The molecule has 3 N–H and O–H groups in total. The van der Waals surface area contributed by atoms with Gasteiger partial charge in [-0.15, -0.1) is 0 Å². The van der Waals surface area contributed by atoms with Crippen molar-refractivity contribution < 1.29 is 15.3 Å². The zero-order valence-corrected chi connectivity index (χ0v) is 16.8. The third kappa shape index (κ3) is 3.50. The van der Waals surface area contributed by atoms with Crippen LogP contribution in [0.15, 0.2) is 12.2 Å². The Morgan fingerprint density at radius 3 is 2.42 bits per heavy atom. The summed E-state index contributed by atoms with van der Waals surface area (Å²) in [5.41, 5.74) is 1.13. The average molecular weight is 366 g/mol. The minimum absolute atomic E-state index is 0.0717. The van der Waals surface area contributed by atoms with Crippen LogP contribution < -0.4 is 0 Å². The van der Waals surface area contributed by atoms with Gasteiger partial charge in [0.1, 0.15) is 0 Å². The summed E-state index contributed by atoms with van der Waals surface area (Å²) in [6, 6.07) is 0. The van der Waals surface area contributed by atoms with Gasteiger partial charge in [-0.2, -0.15) is 0 Å². The van der Waals surface area contributed by atoms with Crippen LogP contribution in [0.1, 0.15) is 58.8 Å². The molecule has 1 heterocycles. The van der Waals surface area contributed by atoms with Crippen molar-refractivity contribution in [3.8, 4) is 0 Å². The van der Waals surface area contributed by atoms with Gasteiger partial charge < -0.3 is 20.2 Å². The number of piperidine rings is 1. The summed E-state index contributed by atoms with van der Waals surface area (Å²) >= 11 is 0. The zero-order chi connectivity index (χ0) is 18.9. The van der Waals surface area contributed by atoms with Gasteiger partial charge in [0.05, 0.1) is 12.7 Å². The maximum absolute atomic E-state index is 10.6. The fraction of sp³-hybridized carbons (Fsp3) is 0.909. The molecule has 2 aliphatic carbocycles. The highest BCUT2D eigenvalue weighted by Crippen LogP contribution is 2.61. The first kappa shape index (κ1) is 20.3. The largest absolute Gasteiger partial charge is 0.396 e. The van der Waals surface area contributed by atoms with Crippen molar-refractivity contribution in [3.63, 3.8) is 0 Å². The van der Waals surface area contributed by atoms with Crippen LogP contribution in [-0.2, 0) is 0 Å². The van der Waals surface area contributed by atoms with Crippen molar-refractivity contribution in [1.29, 1.82) is 0 Å². The molecule has 1 aliphatic heterocycles. The number of aliphatic hydroxyl groups excluding tert-OH is 3. The highest BCUT2D eigenvalue weighted by molar-refractivity contribution is 5.17.